The predicted molar refractivity (Wildman–Crippen MR) is 70.9 cm³/mol. The fourth-order valence-corrected chi connectivity index (χ4v) is 4.73. The van der Waals surface area contributed by atoms with E-state index in [4.69, 9.17) is 9.46 Å². The first-order valence-corrected chi connectivity index (χ1v) is 9.49. The van der Waals surface area contributed by atoms with E-state index in [9.17, 15) is 0 Å². The summed E-state index contributed by atoms with van der Waals surface area (Å²) >= 11 is 0. The average Bonchev–Trinajstić information content (AvgIpc) is 2.33. The zero-order valence-electron chi connectivity index (χ0n) is 11.5. The first-order valence-electron chi connectivity index (χ1n) is 6.96. The molecule has 0 N–H and O–H groups in total. The maximum Gasteiger partial charge on any atom is 0.238 e. The van der Waals surface area contributed by atoms with Gasteiger partial charge in [0, 0.05) is 0 Å². The Bertz CT molecular complexity index is 188. The standard InChI is InChI=1S/C13H28O2Si/c1-5-16(6-2,7-3)15-14-13(4)11-9-8-10-12-13/h5-12H2,1-4H3. The lowest BCUT2D eigenvalue weighted by Crippen LogP contribution is -2.41. The van der Waals surface area contributed by atoms with Crippen molar-refractivity contribution in [1.29, 1.82) is 0 Å². The highest BCUT2D eigenvalue weighted by Gasteiger charge is 2.36. The third-order valence-corrected chi connectivity index (χ3v) is 8.57. The molecule has 1 aliphatic rings. The van der Waals surface area contributed by atoms with Crippen molar-refractivity contribution < 1.29 is 9.46 Å². The van der Waals surface area contributed by atoms with Crippen LogP contribution < -0.4 is 0 Å². The summed E-state index contributed by atoms with van der Waals surface area (Å²) in [6.45, 7) is 8.94. The third kappa shape index (κ3) is 3.57. The van der Waals surface area contributed by atoms with Gasteiger partial charge in [-0.1, -0.05) is 40.0 Å². The lowest BCUT2D eigenvalue weighted by Gasteiger charge is -2.36. The van der Waals surface area contributed by atoms with E-state index in [1.165, 1.54) is 19.3 Å². The molecule has 3 heteroatoms. The van der Waals surface area contributed by atoms with Crippen LogP contribution in [0.1, 0.15) is 59.8 Å². The van der Waals surface area contributed by atoms with Crippen molar-refractivity contribution in [2.75, 3.05) is 0 Å². The van der Waals surface area contributed by atoms with Crippen molar-refractivity contribution in [2.45, 2.75) is 83.5 Å². The van der Waals surface area contributed by atoms with Crippen LogP contribution >= 0.6 is 0 Å². The molecule has 0 aromatic heterocycles. The van der Waals surface area contributed by atoms with Crippen molar-refractivity contribution in [3.8, 4) is 0 Å². The summed E-state index contributed by atoms with van der Waals surface area (Å²) in [7, 11) is -1.57. The summed E-state index contributed by atoms with van der Waals surface area (Å²) < 4.78 is 5.96. The molecule has 0 aromatic carbocycles. The zero-order valence-corrected chi connectivity index (χ0v) is 12.5. The molecule has 0 spiro atoms. The minimum atomic E-state index is -1.57. The molecule has 0 heterocycles. The van der Waals surface area contributed by atoms with E-state index in [1.807, 2.05) is 0 Å². The molecule has 0 saturated heterocycles. The van der Waals surface area contributed by atoms with Crippen molar-refractivity contribution in [1.82, 2.24) is 0 Å². The summed E-state index contributed by atoms with van der Waals surface area (Å²) in [6, 6.07) is 3.49. The Morgan fingerprint density at radius 3 is 1.88 bits per heavy atom. The third-order valence-electron chi connectivity index (χ3n) is 4.26. The molecule has 2 nitrogen and oxygen atoms in total. The molecule has 0 unspecified atom stereocenters. The van der Waals surface area contributed by atoms with Crippen LogP contribution in [0.15, 0.2) is 0 Å². The van der Waals surface area contributed by atoms with Crippen molar-refractivity contribution in [3.05, 3.63) is 0 Å². The second-order valence-electron chi connectivity index (χ2n) is 5.42. The van der Waals surface area contributed by atoms with Crippen LogP contribution in [0, 0.1) is 0 Å². The van der Waals surface area contributed by atoms with Gasteiger partial charge in [-0.2, -0.15) is 0 Å². The van der Waals surface area contributed by atoms with Crippen LogP contribution in [-0.2, 0) is 9.46 Å². The van der Waals surface area contributed by atoms with E-state index in [0.29, 0.717) is 0 Å². The summed E-state index contributed by atoms with van der Waals surface area (Å²) in [5.74, 6) is 0. The Morgan fingerprint density at radius 2 is 1.44 bits per heavy atom. The van der Waals surface area contributed by atoms with Gasteiger partial charge in [0.15, 0.2) is 0 Å². The monoisotopic (exact) mass is 244 g/mol. The van der Waals surface area contributed by atoms with Gasteiger partial charge in [0.25, 0.3) is 0 Å². The SMILES string of the molecule is CC[Si](CC)(CC)OOC1(C)CCCCC1. The highest BCUT2D eigenvalue weighted by atomic mass is 28.4. The first kappa shape index (κ1) is 14.2. The molecule has 0 bridgehead atoms. The van der Waals surface area contributed by atoms with E-state index in [2.05, 4.69) is 27.7 Å². The lowest BCUT2D eigenvalue weighted by molar-refractivity contribution is -0.305. The van der Waals surface area contributed by atoms with Gasteiger partial charge < -0.3 is 0 Å². The summed E-state index contributed by atoms with van der Waals surface area (Å²) in [5, 5.41) is 0. The molecule has 0 aliphatic heterocycles. The van der Waals surface area contributed by atoms with E-state index < -0.39 is 8.32 Å². The summed E-state index contributed by atoms with van der Waals surface area (Å²) in [4.78, 5) is 5.87. The minimum Gasteiger partial charge on any atom is -0.286 e. The summed E-state index contributed by atoms with van der Waals surface area (Å²) in [6.07, 6.45) is 6.26. The van der Waals surface area contributed by atoms with Crippen LogP contribution in [-0.4, -0.2) is 13.9 Å². The number of rotatable bonds is 6. The van der Waals surface area contributed by atoms with Crippen molar-refractivity contribution >= 4 is 8.32 Å². The molecule has 0 atom stereocenters. The van der Waals surface area contributed by atoms with Crippen LogP contribution in [0.25, 0.3) is 0 Å². The maximum atomic E-state index is 5.96. The van der Waals surface area contributed by atoms with Crippen LogP contribution in [0.2, 0.25) is 18.1 Å². The largest absolute Gasteiger partial charge is 0.286 e. The maximum absolute atomic E-state index is 5.96. The van der Waals surface area contributed by atoms with Gasteiger partial charge in [0.05, 0.1) is 5.60 Å². The molecule has 1 fully saturated rings. The normalized spacial score (nSPS) is 21.0. The van der Waals surface area contributed by atoms with Gasteiger partial charge in [-0.25, -0.2) is 4.89 Å². The van der Waals surface area contributed by atoms with Gasteiger partial charge in [0.1, 0.15) is 0 Å². The van der Waals surface area contributed by atoms with E-state index in [1.54, 1.807) is 0 Å². The summed E-state index contributed by atoms with van der Waals surface area (Å²) in [5.41, 5.74) is -0.00396. The van der Waals surface area contributed by atoms with Gasteiger partial charge >= 0.3 is 0 Å². The Balaban J connectivity index is 2.47. The van der Waals surface area contributed by atoms with Crippen LogP contribution in [0.3, 0.4) is 0 Å². The Hall–Kier alpha value is 0.137. The van der Waals surface area contributed by atoms with Gasteiger partial charge in [-0.05, 0) is 37.9 Å². The molecule has 1 aliphatic carbocycles. The van der Waals surface area contributed by atoms with Crippen molar-refractivity contribution in [3.63, 3.8) is 0 Å². The Morgan fingerprint density at radius 1 is 0.938 bits per heavy atom. The Labute approximate surface area is 102 Å². The smallest absolute Gasteiger partial charge is 0.238 e. The van der Waals surface area contributed by atoms with Gasteiger partial charge in [-0.3, -0.25) is 4.58 Å². The predicted octanol–water partition coefficient (Wildman–Crippen LogP) is 4.66. The highest BCUT2D eigenvalue weighted by Crippen LogP contribution is 2.33. The molecule has 96 valence electrons. The topological polar surface area (TPSA) is 18.5 Å². The van der Waals surface area contributed by atoms with E-state index >= 15 is 0 Å². The lowest BCUT2D eigenvalue weighted by atomic mass is 9.87. The fraction of sp³-hybridized carbons (Fsp3) is 1.00. The van der Waals surface area contributed by atoms with E-state index in [-0.39, 0.29) is 5.60 Å². The van der Waals surface area contributed by atoms with Crippen LogP contribution in [0.4, 0.5) is 0 Å². The molecular formula is C13H28O2Si. The molecule has 1 saturated carbocycles. The van der Waals surface area contributed by atoms with Gasteiger partial charge in [0.2, 0.25) is 8.32 Å². The molecule has 0 amide bonds. The second-order valence-corrected chi connectivity index (χ2v) is 10.1. The fourth-order valence-electron chi connectivity index (χ4n) is 2.50. The van der Waals surface area contributed by atoms with Crippen LogP contribution in [0.5, 0.6) is 0 Å². The molecular weight excluding hydrogens is 216 g/mol. The molecule has 1 rings (SSSR count). The van der Waals surface area contributed by atoms with Gasteiger partial charge in [-0.15, -0.1) is 0 Å². The number of hydrogen-bond acceptors (Lipinski definition) is 2. The zero-order chi connectivity index (χ0) is 12.1. The van der Waals surface area contributed by atoms with Crippen molar-refractivity contribution in [2.24, 2.45) is 0 Å². The molecule has 0 aromatic rings. The average molecular weight is 244 g/mol. The number of hydrogen-bond donors (Lipinski definition) is 0. The Kier molecular flexibility index (Phi) is 5.48. The van der Waals surface area contributed by atoms with E-state index in [0.717, 1.165) is 31.0 Å². The minimum absolute atomic E-state index is 0.00396. The molecule has 0 radical (unpaired) electrons. The second kappa shape index (κ2) is 6.17. The molecule has 16 heavy (non-hydrogen) atoms. The first-order chi connectivity index (χ1) is 7.60. The quantitative estimate of drug-likeness (QED) is 0.384. The highest BCUT2D eigenvalue weighted by molar-refractivity contribution is 6.73.